The first kappa shape index (κ1) is 16.4. The van der Waals surface area contributed by atoms with E-state index in [9.17, 15) is 4.79 Å². The van der Waals surface area contributed by atoms with Crippen LogP contribution < -0.4 is 10.6 Å². The molecule has 0 atom stereocenters. The van der Waals surface area contributed by atoms with Crippen molar-refractivity contribution >= 4 is 17.5 Å². The summed E-state index contributed by atoms with van der Waals surface area (Å²) in [5.74, 6) is 1.42. The number of nitrogens with one attached hydrogen (secondary N) is 2. The third-order valence-corrected chi connectivity index (χ3v) is 4.61. The Balaban J connectivity index is 1.53. The van der Waals surface area contributed by atoms with Gasteiger partial charge >= 0.3 is 0 Å². The molecule has 0 spiro atoms. The van der Waals surface area contributed by atoms with Gasteiger partial charge in [0.2, 0.25) is 5.91 Å². The number of hydrogen-bond donors (Lipinski definition) is 2. The quantitative estimate of drug-likeness (QED) is 0.875. The maximum Gasteiger partial charge on any atom is 0.228 e. The Morgan fingerprint density at radius 1 is 1.04 bits per heavy atom. The second kappa shape index (κ2) is 7.90. The molecule has 1 amide bonds. The molecule has 1 saturated carbocycles. The molecule has 0 radical (unpaired) electrons. The minimum absolute atomic E-state index is 0.0737. The average Bonchev–Trinajstić information content (AvgIpc) is 2.63. The lowest BCUT2D eigenvalue weighted by atomic mass is 9.89. The van der Waals surface area contributed by atoms with E-state index >= 15 is 0 Å². The van der Waals surface area contributed by atoms with Gasteiger partial charge in [-0.2, -0.15) is 0 Å². The Bertz CT molecular complexity index is 678. The molecule has 126 valence electrons. The zero-order valence-corrected chi connectivity index (χ0v) is 14.1. The molecule has 1 heterocycles. The molecule has 5 heteroatoms. The molecule has 0 aliphatic heterocycles. The highest BCUT2D eigenvalue weighted by atomic mass is 16.1. The van der Waals surface area contributed by atoms with Gasteiger partial charge in [-0.3, -0.25) is 4.79 Å². The lowest BCUT2D eigenvalue weighted by Crippen LogP contribution is -2.25. The number of rotatable bonds is 5. The van der Waals surface area contributed by atoms with E-state index in [1.54, 1.807) is 6.07 Å². The summed E-state index contributed by atoms with van der Waals surface area (Å²) in [6, 6.07) is 11.9. The van der Waals surface area contributed by atoms with Gasteiger partial charge in [0, 0.05) is 12.5 Å². The van der Waals surface area contributed by atoms with E-state index in [0.29, 0.717) is 18.2 Å². The second-order valence-electron chi connectivity index (χ2n) is 6.41. The monoisotopic (exact) mass is 324 g/mol. The molecule has 1 aliphatic carbocycles. The largest absolute Gasteiger partial charge is 0.364 e. The van der Waals surface area contributed by atoms with Crippen LogP contribution >= 0.6 is 0 Å². The topological polar surface area (TPSA) is 66.9 Å². The summed E-state index contributed by atoms with van der Waals surface area (Å²) in [4.78, 5) is 12.2. The zero-order chi connectivity index (χ0) is 16.8. The van der Waals surface area contributed by atoms with E-state index in [1.165, 1.54) is 17.5 Å². The molecule has 5 nitrogen and oxygen atoms in total. The summed E-state index contributed by atoms with van der Waals surface area (Å²) in [6.45, 7) is 2.79. The standard InChI is InChI=1S/C19H24N4O/c1-14-7-5-6-10-16(14)13-20-17-11-12-18(23-22-17)21-19(24)15-8-3-2-4-9-15/h5-7,10-12,15H,2-4,8-9,13H2,1H3,(H,20,22)(H,21,23,24). The van der Waals surface area contributed by atoms with Crippen molar-refractivity contribution in [2.24, 2.45) is 5.92 Å². The number of hydrogen-bond acceptors (Lipinski definition) is 4. The van der Waals surface area contributed by atoms with E-state index < -0.39 is 0 Å². The zero-order valence-electron chi connectivity index (χ0n) is 14.1. The summed E-state index contributed by atoms with van der Waals surface area (Å²) in [5.41, 5.74) is 2.48. The highest BCUT2D eigenvalue weighted by Crippen LogP contribution is 2.24. The summed E-state index contributed by atoms with van der Waals surface area (Å²) < 4.78 is 0. The molecule has 1 aromatic carbocycles. The van der Waals surface area contributed by atoms with E-state index in [-0.39, 0.29) is 11.8 Å². The minimum Gasteiger partial charge on any atom is -0.364 e. The number of aryl methyl sites for hydroxylation is 1. The molecule has 1 fully saturated rings. The molecule has 24 heavy (non-hydrogen) atoms. The van der Waals surface area contributed by atoms with Gasteiger partial charge in [0.25, 0.3) is 0 Å². The van der Waals surface area contributed by atoms with Gasteiger partial charge in [0.1, 0.15) is 5.82 Å². The number of amides is 1. The van der Waals surface area contributed by atoms with Gasteiger partial charge in [0.15, 0.2) is 5.82 Å². The van der Waals surface area contributed by atoms with Crippen molar-refractivity contribution in [2.75, 3.05) is 10.6 Å². The van der Waals surface area contributed by atoms with Crippen molar-refractivity contribution in [1.29, 1.82) is 0 Å². The molecule has 0 unspecified atom stereocenters. The fourth-order valence-electron chi connectivity index (χ4n) is 3.08. The third-order valence-electron chi connectivity index (χ3n) is 4.61. The molecule has 2 N–H and O–H groups in total. The average molecular weight is 324 g/mol. The van der Waals surface area contributed by atoms with Crippen LogP contribution in [0.25, 0.3) is 0 Å². The van der Waals surface area contributed by atoms with Gasteiger partial charge in [-0.05, 0) is 43.0 Å². The summed E-state index contributed by atoms with van der Waals surface area (Å²) in [5, 5.41) is 14.4. The van der Waals surface area contributed by atoms with Crippen molar-refractivity contribution in [2.45, 2.75) is 45.6 Å². The van der Waals surface area contributed by atoms with Crippen LogP contribution in [0.3, 0.4) is 0 Å². The summed E-state index contributed by atoms with van der Waals surface area (Å²) >= 11 is 0. The van der Waals surface area contributed by atoms with Crippen LogP contribution in [-0.4, -0.2) is 16.1 Å². The Kier molecular flexibility index (Phi) is 5.41. The predicted octanol–water partition coefficient (Wildman–Crippen LogP) is 3.92. The Morgan fingerprint density at radius 3 is 2.46 bits per heavy atom. The van der Waals surface area contributed by atoms with Gasteiger partial charge in [0.05, 0.1) is 0 Å². The van der Waals surface area contributed by atoms with Gasteiger partial charge in [-0.25, -0.2) is 0 Å². The minimum atomic E-state index is 0.0737. The van der Waals surface area contributed by atoms with Crippen LogP contribution in [0.15, 0.2) is 36.4 Å². The highest BCUT2D eigenvalue weighted by Gasteiger charge is 2.21. The van der Waals surface area contributed by atoms with Crippen molar-refractivity contribution in [3.05, 3.63) is 47.5 Å². The van der Waals surface area contributed by atoms with Crippen molar-refractivity contribution in [3.63, 3.8) is 0 Å². The molecule has 1 aliphatic rings. The van der Waals surface area contributed by atoms with Crippen molar-refractivity contribution < 1.29 is 4.79 Å². The molecule has 3 rings (SSSR count). The Hall–Kier alpha value is -2.43. The molecule has 1 aromatic heterocycles. The highest BCUT2D eigenvalue weighted by molar-refractivity contribution is 5.91. The number of nitrogens with zero attached hydrogens (tertiary/aromatic N) is 2. The van der Waals surface area contributed by atoms with E-state index in [4.69, 9.17) is 0 Å². The third kappa shape index (κ3) is 4.31. The molecular formula is C19H24N4O. The maximum absolute atomic E-state index is 12.2. The van der Waals surface area contributed by atoms with Crippen LogP contribution in [0.1, 0.15) is 43.2 Å². The predicted molar refractivity (Wildman–Crippen MR) is 95.7 cm³/mol. The van der Waals surface area contributed by atoms with Gasteiger partial charge in [-0.1, -0.05) is 43.5 Å². The van der Waals surface area contributed by atoms with Crippen molar-refractivity contribution in [1.82, 2.24) is 10.2 Å². The molecule has 0 saturated heterocycles. The number of carbonyl (C=O) groups excluding carboxylic acids is 1. The van der Waals surface area contributed by atoms with Crippen LogP contribution in [0.2, 0.25) is 0 Å². The van der Waals surface area contributed by atoms with Crippen LogP contribution in [0, 0.1) is 12.8 Å². The fraction of sp³-hybridized carbons (Fsp3) is 0.421. The van der Waals surface area contributed by atoms with E-state index in [2.05, 4.69) is 39.9 Å². The van der Waals surface area contributed by atoms with Crippen LogP contribution in [0.5, 0.6) is 0 Å². The maximum atomic E-state index is 12.2. The Labute approximate surface area is 142 Å². The van der Waals surface area contributed by atoms with E-state index in [0.717, 1.165) is 25.7 Å². The summed E-state index contributed by atoms with van der Waals surface area (Å²) in [7, 11) is 0. The fourth-order valence-corrected chi connectivity index (χ4v) is 3.08. The Morgan fingerprint density at radius 2 is 1.75 bits per heavy atom. The smallest absolute Gasteiger partial charge is 0.228 e. The second-order valence-corrected chi connectivity index (χ2v) is 6.41. The number of aromatic nitrogens is 2. The molecular weight excluding hydrogens is 300 g/mol. The SMILES string of the molecule is Cc1ccccc1CNc1ccc(NC(=O)C2CCCCC2)nn1. The summed E-state index contributed by atoms with van der Waals surface area (Å²) in [6.07, 6.45) is 5.49. The number of carbonyl (C=O) groups is 1. The van der Waals surface area contributed by atoms with Gasteiger partial charge < -0.3 is 10.6 Å². The molecule has 2 aromatic rings. The van der Waals surface area contributed by atoms with Crippen LogP contribution in [-0.2, 0) is 11.3 Å². The lowest BCUT2D eigenvalue weighted by molar-refractivity contribution is -0.120. The van der Waals surface area contributed by atoms with Crippen LogP contribution in [0.4, 0.5) is 11.6 Å². The van der Waals surface area contributed by atoms with Gasteiger partial charge in [-0.15, -0.1) is 10.2 Å². The first-order valence-corrected chi connectivity index (χ1v) is 8.65. The molecule has 0 bridgehead atoms. The first-order valence-electron chi connectivity index (χ1n) is 8.65. The van der Waals surface area contributed by atoms with Crippen molar-refractivity contribution in [3.8, 4) is 0 Å². The van der Waals surface area contributed by atoms with E-state index in [1.807, 2.05) is 18.2 Å². The lowest BCUT2D eigenvalue weighted by Gasteiger charge is -2.20. The normalized spacial score (nSPS) is 15.0. The first-order chi connectivity index (χ1) is 11.7. The number of anilines is 2. The number of benzene rings is 1.